The lowest BCUT2D eigenvalue weighted by molar-refractivity contribution is 0.382. The van der Waals surface area contributed by atoms with E-state index in [4.69, 9.17) is 12.2 Å². The van der Waals surface area contributed by atoms with Gasteiger partial charge in [0, 0.05) is 30.9 Å². The Kier molecular flexibility index (Phi) is 3.09. The van der Waals surface area contributed by atoms with Crippen molar-refractivity contribution >= 4 is 17.3 Å². The van der Waals surface area contributed by atoms with Gasteiger partial charge in [-0.15, -0.1) is 0 Å². The molecule has 0 aliphatic carbocycles. The maximum absolute atomic E-state index is 5.33. The van der Waals surface area contributed by atoms with Crippen LogP contribution in [0.5, 0.6) is 0 Å². The van der Waals surface area contributed by atoms with Gasteiger partial charge in [0.15, 0.2) is 5.11 Å². The molecule has 1 saturated heterocycles. The van der Waals surface area contributed by atoms with Gasteiger partial charge in [0.05, 0.1) is 0 Å². The second-order valence-corrected chi connectivity index (χ2v) is 3.45. The molecule has 1 heterocycles. The van der Waals surface area contributed by atoms with Crippen LogP contribution in [-0.2, 0) is 0 Å². The fraction of sp³-hybridized carbons (Fsp3) is 0.500. The van der Waals surface area contributed by atoms with E-state index >= 15 is 0 Å². The average Bonchev–Trinajstić information content (AvgIpc) is 2.04. The van der Waals surface area contributed by atoms with Gasteiger partial charge in [-0.2, -0.15) is 0 Å². The first-order valence-corrected chi connectivity index (χ1v) is 4.97. The van der Waals surface area contributed by atoms with E-state index in [1.54, 1.807) is 0 Å². The second-order valence-electron chi connectivity index (χ2n) is 3.08. The molecule has 2 nitrogen and oxygen atoms in total. The Morgan fingerprint density at radius 2 is 1.54 bits per heavy atom. The van der Waals surface area contributed by atoms with Crippen LogP contribution < -0.4 is 0 Å². The van der Waals surface area contributed by atoms with Gasteiger partial charge in [0.1, 0.15) is 0 Å². The van der Waals surface area contributed by atoms with E-state index in [-0.39, 0.29) is 0 Å². The highest BCUT2D eigenvalue weighted by Gasteiger charge is 2.24. The van der Waals surface area contributed by atoms with Crippen molar-refractivity contribution in [2.24, 2.45) is 0 Å². The Morgan fingerprint density at radius 1 is 1.15 bits per heavy atom. The monoisotopic (exact) mass is 196 g/mol. The van der Waals surface area contributed by atoms with Crippen LogP contribution in [0.3, 0.4) is 0 Å². The summed E-state index contributed by atoms with van der Waals surface area (Å²) in [4.78, 5) is 4.13. The summed E-state index contributed by atoms with van der Waals surface area (Å²) in [7, 11) is 0. The lowest BCUT2D eigenvalue weighted by atomic mass is 10.2. The zero-order chi connectivity index (χ0) is 10.0. The van der Waals surface area contributed by atoms with Gasteiger partial charge in [-0.25, -0.2) is 0 Å². The van der Waals surface area contributed by atoms with Gasteiger partial charge >= 0.3 is 0 Å². The number of hydrogen-bond donors (Lipinski definition) is 0. The molecule has 0 aromatic heterocycles. The molecule has 0 amide bonds. The molecule has 1 fully saturated rings. The van der Waals surface area contributed by atoms with E-state index in [0.29, 0.717) is 0 Å². The Hall–Kier alpha value is -0.830. The lowest BCUT2D eigenvalue weighted by Crippen LogP contribution is -2.45. The maximum atomic E-state index is 5.33. The molecule has 72 valence electrons. The largest absolute Gasteiger partial charge is 0.323 e. The summed E-state index contributed by atoms with van der Waals surface area (Å²) in [6.45, 7) is 13.9. The van der Waals surface area contributed by atoms with Gasteiger partial charge in [-0.1, -0.05) is 13.2 Å². The van der Waals surface area contributed by atoms with E-state index in [9.17, 15) is 0 Å². The van der Waals surface area contributed by atoms with E-state index in [0.717, 1.165) is 36.0 Å². The highest BCUT2D eigenvalue weighted by atomic mass is 32.1. The van der Waals surface area contributed by atoms with Crippen LogP contribution in [0, 0.1) is 0 Å². The quantitative estimate of drug-likeness (QED) is 0.626. The minimum Gasteiger partial charge on any atom is -0.323 e. The highest BCUT2D eigenvalue weighted by molar-refractivity contribution is 7.80. The van der Waals surface area contributed by atoms with Crippen LogP contribution in [0.1, 0.15) is 20.3 Å². The number of rotatable bonds is 2. The molecule has 0 unspecified atom stereocenters. The van der Waals surface area contributed by atoms with Gasteiger partial charge in [-0.05, 0) is 26.1 Å². The highest BCUT2D eigenvalue weighted by Crippen LogP contribution is 2.24. The fourth-order valence-electron chi connectivity index (χ4n) is 1.56. The molecule has 0 atom stereocenters. The topological polar surface area (TPSA) is 6.48 Å². The van der Waals surface area contributed by atoms with E-state index < -0.39 is 0 Å². The zero-order valence-corrected chi connectivity index (χ0v) is 9.15. The van der Waals surface area contributed by atoms with Crippen molar-refractivity contribution in [2.75, 3.05) is 13.1 Å². The Morgan fingerprint density at radius 3 is 1.85 bits per heavy atom. The van der Waals surface area contributed by atoms with Crippen LogP contribution in [0.2, 0.25) is 0 Å². The van der Waals surface area contributed by atoms with E-state index in [2.05, 4.69) is 36.8 Å². The molecule has 1 aliphatic rings. The van der Waals surface area contributed by atoms with Crippen LogP contribution >= 0.6 is 12.2 Å². The number of nitrogens with zero attached hydrogens (tertiary/aromatic N) is 2. The molecular weight excluding hydrogens is 180 g/mol. The Labute approximate surface area is 85.5 Å². The zero-order valence-electron chi connectivity index (χ0n) is 8.34. The smallest absolute Gasteiger partial charge is 0.180 e. The van der Waals surface area contributed by atoms with Crippen LogP contribution in [0.15, 0.2) is 24.6 Å². The SMILES string of the molecule is C=C1CC(=C)N(CC)C(=S)N1CC. The van der Waals surface area contributed by atoms with Crippen molar-refractivity contribution in [3.63, 3.8) is 0 Å². The molecule has 1 aliphatic heterocycles. The maximum Gasteiger partial charge on any atom is 0.180 e. The third kappa shape index (κ3) is 1.75. The molecule has 0 spiro atoms. The Bertz CT molecular complexity index is 234. The molecule has 13 heavy (non-hydrogen) atoms. The van der Waals surface area contributed by atoms with Crippen molar-refractivity contribution in [1.29, 1.82) is 0 Å². The fourth-order valence-corrected chi connectivity index (χ4v) is 2.08. The van der Waals surface area contributed by atoms with E-state index in [1.165, 1.54) is 0 Å². The minimum atomic E-state index is 0.835. The molecule has 0 N–H and O–H groups in total. The molecular formula is C10H16N2S. The lowest BCUT2D eigenvalue weighted by Gasteiger charge is -2.40. The molecule has 1 rings (SSSR count). The normalized spacial score (nSPS) is 18.5. The minimum absolute atomic E-state index is 0.835. The summed E-state index contributed by atoms with van der Waals surface area (Å²) in [5.41, 5.74) is 2.12. The predicted molar refractivity (Wildman–Crippen MR) is 60.3 cm³/mol. The third-order valence-corrected chi connectivity index (χ3v) is 2.71. The summed E-state index contributed by atoms with van der Waals surface area (Å²) < 4.78 is 0. The molecule has 0 bridgehead atoms. The van der Waals surface area contributed by atoms with Crippen LogP contribution in [0.4, 0.5) is 0 Å². The summed E-state index contributed by atoms with van der Waals surface area (Å²) in [5, 5.41) is 0.839. The van der Waals surface area contributed by atoms with Crippen molar-refractivity contribution in [1.82, 2.24) is 9.80 Å². The van der Waals surface area contributed by atoms with Crippen molar-refractivity contribution in [2.45, 2.75) is 20.3 Å². The van der Waals surface area contributed by atoms with Crippen LogP contribution in [-0.4, -0.2) is 28.0 Å². The third-order valence-electron chi connectivity index (χ3n) is 2.27. The summed E-state index contributed by atoms with van der Waals surface area (Å²) in [5.74, 6) is 0. The standard InChI is InChI=1S/C10H16N2S/c1-5-11-8(3)7-9(4)12(6-2)10(11)13/h3-7H2,1-2H3. The summed E-state index contributed by atoms with van der Waals surface area (Å²) in [6.07, 6.45) is 0.835. The summed E-state index contributed by atoms with van der Waals surface area (Å²) >= 11 is 5.33. The first-order valence-electron chi connectivity index (χ1n) is 4.56. The first kappa shape index (κ1) is 10.3. The van der Waals surface area contributed by atoms with Crippen LogP contribution in [0.25, 0.3) is 0 Å². The number of hydrogen-bond acceptors (Lipinski definition) is 1. The van der Waals surface area contributed by atoms with Gasteiger partial charge in [0.2, 0.25) is 0 Å². The molecule has 0 aromatic rings. The van der Waals surface area contributed by atoms with Gasteiger partial charge in [0.25, 0.3) is 0 Å². The molecule has 0 saturated carbocycles. The van der Waals surface area contributed by atoms with Gasteiger partial charge in [-0.3, -0.25) is 0 Å². The molecule has 0 aromatic carbocycles. The van der Waals surface area contributed by atoms with E-state index in [1.807, 2.05) is 0 Å². The molecule has 0 radical (unpaired) electrons. The first-order chi connectivity index (χ1) is 6.11. The average molecular weight is 196 g/mol. The Balaban J connectivity index is 2.87. The van der Waals surface area contributed by atoms with Crippen molar-refractivity contribution < 1.29 is 0 Å². The van der Waals surface area contributed by atoms with Gasteiger partial charge < -0.3 is 9.80 Å². The number of thiocarbonyl (C=S) groups is 1. The predicted octanol–water partition coefficient (Wildman–Crippen LogP) is 2.35. The molecule has 3 heteroatoms. The summed E-state index contributed by atoms with van der Waals surface area (Å²) in [6, 6.07) is 0. The van der Waals surface area contributed by atoms with Crippen molar-refractivity contribution in [3.8, 4) is 0 Å². The van der Waals surface area contributed by atoms with Crippen molar-refractivity contribution in [3.05, 3.63) is 24.6 Å². The second kappa shape index (κ2) is 3.92.